The SMILES string of the molecule is CCCN1CCN2CCCC2C1. The number of piperazine rings is 1. The van der Waals surface area contributed by atoms with Crippen molar-refractivity contribution in [3.63, 3.8) is 0 Å². The van der Waals surface area contributed by atoms with Gasteiger partial charge in [-0.2, -0.15) is 0 Å². The molecule has 0 aromatic rings. The standard InChI is InChI=1S/C10H20N2/c1-2-5-11-7-8-12-6-3-4-10(12)9-11/h10H,2-9H2,1H3. The second-order valence-corrected chi connectivity index (χ2v) is 4.13. The lowest BCUT2D eigenvalue weighted by molar-refractivity contribution is 0.105. The third kappa shape index (κ3) is 1.64. The Labute approximate surface area is 75.5 Å². The van der Waals surface area contributed by atoms with Gasteiger partial charge in [-0.3, -0.25) is 4.90 Å². The maximum Gasteiger partial charge on any atom is 0.0224 e. The molecule has 0 saturated carbocycles. The Bertz CT molecular complexity index is 147. The number of nitrogens with zero attached hydrogens (tertiary/aromatic N) is 2. The zero-order valence-corrected chi connectivity index (χ0v) is 8.13. The Balaban J connectivity index is 1.84. The van der Waals surface area contributed by atoms with Crippen molar-refractivity contribution in [2.24, 2.45) is 0 Å². The largest absolute Gasteiger partial charge is 0.301 e. The maximum absolute atomic E-state index is 2.67. The van der Waals surface area contributed by atoms with E-state index in [4.69, 9.17) is 0 Å². The van der Waals surface area contributed by atoms with E-state index in [-0.39, 0.29) is 0 Å². The van der Waals surface area contributed by atoms with Gasteiger partial charge in [0, 0.05) is 25.7 Å². The van der Waals surface area contributed by atoms with E-state index in [0.29, 0.717) is 0 Å². The molecule has 2 heterocycles. The molecular weight excluding hydrogens is 148 g/mol. The summed E-state index contributed by atoms with van der Waals surface area (Å²) in [6, 6.07) is 0.908. The molecule has 0 aromatic heterocycles. The first kappa shape index (κ1) is 8.52. The van der Waals surface area contributed by atoms with Crippen LogP contribution in [0.25, 0.3) is 0 Å². The van der Waals surface area contributed by atoms with Crippen molar-refractivity contribution in [2.45, 2.75) is 32.2 Å². The van der Waals surface area contributed by atoms with E-state index in [1.165, 1.54) is 52.0 Å². The van der Waals surface area contributed by atoms with Crippen molar-refractivity contribution in [1.29, 1.82) is 0 Å². The molecule has 2 aliphatic rings. The highest BCUT2D eigenvalue weighted by molar-refractivity contribution is 4.86. The normalized spacial score (nSPS) is 32.2. The summed E-state index contributed by atoms with van der Waals surface area (Å²) in [6.45, 7) is 8.93. The lowest BCUT2D eigenvalue weighted by Crippen LogP contribution is -2.50. The van der Waals surface area contributed by atoms with Crippen molar-refractivity contribution in [3.05, 3.63) is 0 Å². The number of fused-ring (bicyclic) bond motifs is 1. The molecule has 0 aromatic carbocycles. The monoisotopic (exact) mass is 168 g/mol. The Kier molecular flexibility index (Phi) is 2.66. The van der Waals surface area contributed by atoms with Crippen LogP contribution >= 0.6 is 0 Å². The molecule has 70 valence electrons. The van der Waals surface area contributed by atoms with Crippen LogP contribution in [0.1, 0.15) is 26.2 Å². The van der Waals surface area contributed by atoms with E-state index in [9.17, 15) is 0 Å². The van der Waals surface area contributed by atoms with Crippen LogP contribution in [0.5, 0.6) is 0 Å². The fourth-order valence-corrected chi connectivity index (χ4v) is 2.57. The van der Waals surface area contributed by atoms with E-state index in [1.807, 2.05) is 0 Å². The molecule has 2 aliphatic heterocycles. The quantitative estimate of drug-likeness (QED) is 0.611. The van der Waals surface area contributed by atoms with E-state index in [2.05, 4.69) is 16.7 Å². The number of hydrogen-bond donors (Lipinski definition) is 0. The number of rotatable bonds is 2. The van der Waals surface area contributed by atoms with Gasteiger partial charge >= 0.3 is 0 Å². The molecule has 0 aliphatic carbocycles. The van der Waals surface area contributed by atoms with Crippen LogP contribution in [0, 0.1) is 0 Å². The zero-order valence-electron chi connectivity index (χ0n) is 8.13. The first-order chi connectivity index (χ1) is 5.90. The van der Waals surface area contributed by atoms with Crippen molar-refractivity contribution in [2.75, 3.05) is 32.7 Å². The van der Waals surface area contributed by atoms with Crippen molar-refractivity contribution in [1.82, 2.24) is 9.80 Å². The molecule has 1 unspecified atom stereocenters. The van der Waals surface area contributed by atoms with Gasteiger partial charge in [-0.15, -0.1) is 0 Å². The fraction of sp³-hybridized carbons (Fsp3) is 1.00. The molecule has 0 amide bonds. The maximum atomic E-state index is 2.67. The Morgan fingerprint density at radius 3 is 3.00 bits per heavy atom. The van der Waals surface area contributed by atoms with Gasteiger partial charge in [0.05, 0.1) is 0 Å². The summed E-state index contributed by atoms with van der Waals surface area (Å²) in [5.41, 5.74) is 0. The van der Waals surface area contributed by atoms with E-state index in [0.717, 1.165) is 6.04 Å². The van der Waals surface area contributed by atoms with Gasteiger partial charge in [0.1, 0.15) is 0 Å². The molecule has 2 saturated heterocycles. The van der Waals surface area contributed by atoms with Crippen molar-refractivity contribution >= 4 is 0 Å². The molecule has 0 spiro atoms. The van der Waals surface area contributed by atoms with Crippen LogP contribution in [-0.4, -0.2) is 48.6 Å². The lowest BCUT2D eigenvalue weighted by atomic mass is 10.1. The summed E-state index contributed by atoms with van der Waals surface area (Å²) in [7, 11) is 0. The molecule has 1 atom stereocenters. The molecular formula is C10H20N2. The van der Waals surface area contributed by atoms with Gasteiger partial charge in [0.25, 0.3) is 0 Å². The summed E-state index contributed by atoms with van der Waals surface area (Å²) in [5, 5.41) is 0. The van der Waals surface area contributed by atoms with Crippen LogP contribution in [-0.2, 0) is 0 Å². The van der Waals surface area contributed by atoms with E-state index < -0.39 is 0 Å². The zero-order chi connectivity index (χ0) is 8.39. The summed E-state index contributed by atoms with van der Waals surface area (Å²) in [4.78, 5) is 5.30. The van der Waals surface area contributed by atoms with Gasteiger partial charge in [0.15, 0.2) is 0 Å². The minimum absolute atomic E-state index is 0.908. The highest BCUT2D eigenvalue weighted by Crippen LogP contribution is 2.21. The average molecular weight is 168 g/mol. The van der Waals surface area contributed by atoms with Gasteiger partial charge in [-0.1, -0.05) is 6.92 Å². The lowest BCUT2D eigenvalue weighted by Gasteiger charge is -2.37. The summed E-state index contributed by atoms with van der Waals surface area (Å²) >= 11 is 0. The van der Waals surface area contributed by atoms with Crippen LogP contribution < -0.4 is 0 Å². The van der Waals surface area contributed by atoms with Crippen molar-refractivity contribution < 1.29 is 0 Å². The summed E-state index contributed by atoms with van der Waals surface area (Å²) in [6.07, 6.45) is 4.19. The fourth-order valence-electron chi connectivity index (χ4n) is 2.57. The summed E-state index contributed by atoms with van der Waals surface area (Å²) in [5.74, 6) is 0. The third-order valence-corrected chi connectivity index (χ3v) is 3.21. The summed E-state index contributed by atoms with van der Waals surface area (Å²) < 4.78 is 0. The smallest absolute Gasteiger partial charge is 0.0224 e. The van der Waals surface area contributed by atoms with Gasteiger partial charge < -0.3 is 4.90 Å². The topological polar surface area (TPSA) is 6.48 Å². The Morgan fingerprint density at radius 2 is 2.17 bits per heavy atom. The van der Waals surface area contributed by atoms with Gasteiger partial charge in [0.2, 0.25) is 0 Å². The van der Waals surface area contributed by atoms with Gasteiger partial charge in [-0.25, -0.2) is 0 Å². The second-order valence-electron chi connectivity index (χ2n) is 4.13. The minimum atomic E-state index is 0.908. The Morgan fingerprint density at radius 1 is 1.25 bits per heavy atom. The van der Waals surface area contributed by atoms with Gasteiger partial charge in [-0.05, 0) is 32.4 Å². The molecule has 2 fully saturated rings. The molecule has 2 heteroatoms. The van der Waals surface area contributed by atoms with E-state index in [1.54, 1.807) is 0 Å². The van der Waals surface area contributed by atoms with E-state index >= 15 is 0 Å². The minimum Gasteiger partial charge on any atom is -0.301 e. The van der Waals surface area contributed by atoms with Crippen LogP contribution in [0.2, 0.25) is 0 Å². The molecule has 2 rings (SSSR count). The predicted molar refractivity (Wildman–Crippen MR) is 51.3 cm³/mol. The van der Waals surface area contributed by atoms with Crippen molar-refractivity contribution in [3.8, 4) is 0 Å². The number of hydrogen-bond acceptors (Lipinski definition) is 2. The molecule has 0 radical (unpaired) electrons. The highest BCUT2D eigenvalue weighted by atomic mass is 15.3. The Hall–Kier alpha value is -0.0800. The molecule has 2 nitrogen and oxygen atoms in total. The van der Waals surface area contributed by atoms with Crippen LogP contribution in [0.3, 0.4) is 0 Å². The van der Waals surface area contributed by atoms with Crippen LogP contribution in [0.4, 0.5) is 0 Å². The first-order valence-electron chi connectivity index (χ1n) is 5.36. The van der Waals surface area contributed by atoms with Crippen LogP contribution in [0.15, 0.2) is 0 Å². The predicted octanol–water partition coefficient (Wildman–Crippen LogP) is 1.18. The molecule has 12 heavy (non-hydrogen) atoms. The molecule has 0 bridgehead atoms. The molecule has 0 N–H and O–H groups in total. The third-order valence-electron chi connectivity index (χ3n) is 3.21. The first-order valence-corrected chi connectivity index (χ1v) is 5.36. The highest BCUT2D eigenvalue weighted by Gasteiger charge is 2.29. The second kappa shape index (κ2) is 3.75. The average Bonchev–Trinajstić information content (AvgIpc) is 2.51.